The quantitative estimate of drug-likeness (QED) is 0.0320. The Kier molecular flexibility index (Phi) is 60.0. The summed E-state index contributed by atoms with van der Waals surface area (Å²) in [5, 5.41) is 23.2. The SMILES string of the molecule is CCCCC/C=C\C/C=C\CCCCCCCCCCCC(=O)OCCCCCCCCCCCCCCCCCCCCC(=O)NC(CO)C(O)/C=C/CCCCCCCCCCCCCCCCCC. The van der Waals surface area contributed by atoms with Crippen molar-refractivity contribution in [3.05, 3.63) is 36.5 Å². The number of ether oxygens (including phenoxy) is 1. The third-order valence-electron chi connectivity index (χ3n) is 14.9. The van der Waals surface area contributed by atoms with Crippen LogP contribution < -0.4 is 5.32 Å². The molecular weight excluding hydrogens is 887 g/mol. The maximum absolute atomic E-state index is 12.5. The van der Waals surface area contributed by atoms with Crippen molar-refractivity contribution in [3.8, 4) is 0 Å². The van der Waals surface area contributed by atoms with Crippen molar-refractivity contribution in [2.24, 2.45) is 0 Å². The lowest BCUT2D eigenvalue weighted by Crippen LogP contribution is -2.45. The predicted molar refractivity (Wildman–Crippen MR) is 315 cm³/mol. The summed E-state index contributed by atoms with van der Waals surface area (Å²) in [5.41, 5.74) is 0. The minimum atomic E-state index is -0.848. The zero-order valence-electron chi connectivity index (χ0n) is 48.4. The molecule has 0 heterocycles. The number of unbranched alkanes of at least 4 members (excludes halogenated alkanes) is 45. The van der Waals surface area contributed by atoms with Gasteiger partial charge in [-0.2, -0.15) is 0 Å². The number of allylic oxidation sites excluding steroid dienone is 5. The summed E-state index contributed by atoms with van der Waals surface area (Å²) in [6.45, 7) is 4.89. The van der Waals surface area contributed by atoms with Gasteiger partial charge in [0.05, 0.1) is 25.4 Å². The van der Waals surface area contributed by atoms with E-state index in [9.17, 15) is 19.8 Å². The average molecular weight is 1010 g/mol. The van der Waals surface area contributed by atoms with Crippen molar-refractivity contribution in [2.45, 2.75) is 360 Å². The zero-order chi connectivity index (χ0) is 52.2. The van der Waals surface area contributed by atoms with E-state index < -0.39 is 12.1 Å². The van der Waals surface area contributed by atoms with Crippen LogP contribution in [0.5, 0.6) is 0 Å². The largest absolute Gasteiger partial charge is 0.466 e. The van der Waals surface area contributed by atoms with Gasteiger partial charge in [0.25, 0.3) is 0 Å². The van der Waals surface area contributed by atoms with E-state index in [4.69, 9.17) is 4.74 Å². The maximum atomic E-state index is 12.5. The summed E-state index contributed by atoms with van der Waals surface area (Å²) < 4.78 is 5.50. The Hall–Kier alpha value is -1.92. The van der Waals surface area contributed by atoms with E-state index >= 15 is 0 Å². The summed E-state index contributed by atoms with van der Waals surface area (Å²) in [6, 6.07) is -0.632. The molecule has 0 bridgehead atoms. The van der Waals surface area contributed by atoms with Gasteiger partial charge in [0.1, 0.15) is 0 Å². The summed E-state index contributed by atoms with van der Waals surface area (Å²) in [5.74, 6) is -0.0666. The van der Waals surface area contributed by atoms with Gasteiger partial charge >= 0.3 is 5.97 Å². The van der Waals surface area contributed by atoms with E-state index in [0.717, 1.165) is 51.4 Å². The Morgan fingerprint density at radius 2 is 0.694 bits per heavy atom. The van der Waals surface area contributed by atoms with Gasteiger partial charge in [-0.25, -0.2) is 0 Å². The van der Waals surface area contributed by atoms with Gasteiger partial charge in [-0.15, -0.1) is 0 Å². The van der Waals surface area contributed by atoms with Crippen molar-refractivity contribution in [3.63, 3.8) is 0 Å². The van der Waals surface area contributed by atoms with Crippen LogP contribution in [-0.2, 0) is 14.3 Å². The number of carbonyl (C=O) groups excluding carboxylic acids is 2. The molecule has 1 amide bonds. The summed E-state index contributed by atoms with van der Waals surface area (Å²) in [6.07, 6.45) is 77.5. The first-order valence-electron chi connectivity index (χ1n) is 32.3. The molecule has 0 aromatic carbocycles. The first kappa shape index (κ1) is 70.1. The molecule has 3 N–H and O–H groups in total. The number of aliphatic hydroxyl groups excluding tert-OH is 2. The molecule has 0 fully saturated rings. The molecule has 0 aromatic rings. The molecule has 0 radical (unpaired) electrons. The molecule has 72 heavy (non-hydrogen) atoms. The number of esters is 1. The Bertz CT molecular complexity index is 1170. The van der Waals surface area contributed by atoms with Crippen molar-refractivity contribution in [1.82, 2.24) is 5.32 Å². The fourth-order valence-corrected chi connectivity index (χ4v) is 9.96. The first-order valence-corrected chi connectivity index (χ1v) is 32.3. The topological polar surface area (TPSA) is 95.9 Å². The highest BCUT2D eigenvalue weighted by Crippen LogP contribution is 2.18. The van der Waals surface area contributed by atoms with Crippen LogP contribution in [0.1, 0.15) is 348 Å². The van der Waals surface area contributed by atoms with Crippen LogP contribution in [0, 0.1) is 0 Å². The highest BCUT2D eigenvalue weighted by atomic mass is 16.5. The highest BCUT2D eigenvalue weighted by molar-refractivity contribution is 5.76. The highest BCUT2D eigenvalue weighted by Gasteiger charge is 2.18. The van der Waals surface area contributed by atoms with E-state index in [1.54, 1.807) is 6.08 Å². The van der Waals surface area contributed by atoms with Crippen molar-refractivity contribution >= 4 is 11.9 Å². The summed E-state index contributed by atoms with van der Waals surface area (Å²) >= 11 is 0. The second-order valence-corrected chi connectivity index (χ2v) is 22.1. The average Bonchev–Trinajstić information content (AvgIpc) is 3.38. The van der Waals surface area contributed by atoms with Gasteiger partial charge in [-0.1, -0.05) is 307 Å². The second-order valence-electron chi connectivity index (χ2n) is 22.1. The van der Waals surface area contributed by atoms with Crippen molar-refractivity contribution < 1.29 is 24.5 Å². The molecule has 0 aromatic heterocycles. The third kappa shape index (κ3) is 57.4. The lowest BCUT2D eigenvalue weighted by Gasteiger charge is -2.20. The first-order chi connectivity index (χ1) is 35.5. The molecule has 6 heteroatoms. The minimum Gasteiger partial charge on any atom is -0.466 e. The summed E-state index contributed by atoms with van der Waals surface area (Å²) in [7, 11) is 0. The fraction of sp³-hybridized carbons (Fsp3) is 0.879. The van der Waals surface area contributed by atoms with Gasteiger partial charge < -0.3 is 20.3 Å². The van der Waals surface area contributed by atoms with Gasteiger partial charge in [0.15, 0.2) is 0 Å². The van der Waals surface area contributed by atoms with Crippen LogP contribution in [0.3, 0.4) is 0 Å². The molecule has 0 aliphatic heterocycles. The van der Waals surface area contributed by atoms with Crippen molar-refractivity contribution in [1.29, 1.82) is 0 Å². The Labute approximate surface area is 449 Å². The molecule has 0 aliphatic rings. The molecule has 0 saturated carbocycles. The maximum Gasteiger partial charge on any atom is 0.305 e. The predicted octanol–water partition coefficient (Wildman–Crippen LogP) is 20.4. The molecule has 2 unspecified atom stereocenters. The van der Waals surface area contributed by atoms with Crippen LogP contribution in [0.25, 0.3) is 0 Å². The monoisotopic (exact) mass is 1010 g/mol. The number of amides is 1. The Morgan fingerprint density at radius 1 is 0.389 bits per heavy atom. The number of aliphatic hydroxyl groups is 2. The smallest absolute Gasteiger partial charge is 0.305 e. The third-order valence-corrected chi connectivity index (χ3v) is 14.9. The van der Waals surface area contributed by atoms with Crippen LogP contribution >= 0.6 is 0 Å². The van der Waals surface area contributed by atoms with Crippen LogP contribution in [-0.4, -0.2) is 47.4 Å². The fourth-order valence-electron chi connectivity index (χ4n) is 9.96. The lowest BCUT2D eigenvalue weighted by atomic mass is 10.0. The number of rotatable bonds is 60. The number of carbonyl (C=O) groups is 2. The van der Waals surface area contributed by atoms with Gasteiger partial charge in [0.2, 0.25) is 5.91 Å². The van der Waals surface area contributed by atoms with E-state index in [1.807, 2.05) is 6.08 Å². The number of hydrogen-bond donors (Lipinski definition) is 3. The van der Waals surface area contributed by atoms with E-state index in [1.165, 1.54) is 270 Å². The second kappa shape index (κ2) is 61.6. The molecule has 424 valence electrons. The molecular formula is C66H125NO5. The van der Waals surface area contributed by atoms with Crippen molar-refractivity contribution in [2.75, 3.05) is 13.2 Å². The van der Waals surface area contributed by atoms with Gasteiger partial charge in [-0.3, -0.25) is 9.59 Å². The normalized spacial score (nSPS) is 12.8. The number of hydrogen-bond acceptors (Lipinski definition) is 5. The molecule has 6 nitrogen and oxygen atoms in total. The van der Waals surface area contributed by atoms with E-state index in [2.05, 4.69) is 43.5 Å². The Balaban J connectivity index is 3.42. The molecule has 0 aliphatic carbocycles. The van der Waals surface area contributed by atoms with Crippen LogP contribution in [0.4, 0.5) is 0 Å². The molecule has 0 spiro atoms. The minimum absolute atomic E-state index is 0.00310. The van der Waals surface area contributed by atoms with Crippen LogP contribution in [0.15, 0.2) is 36.5 Å². The van der Waals surface area contributed by atoms with Gasteiger partial charge in [0, 0.05) is 12.8 Å². The lowest BCUT2D eigenvalue weighted by molar-refractivity contribution is -0.143. The summed E-state index contributed by atoms with van der Waals surface area (Å²) in [4.78, 5) is 24.6. The molecule has 0 saturated heterocycles. The zero-order valence-corrected chi connectivity index (χ0v) is 48.4. The number of nitrogens with one attached hydrogen (secondary N) is 1. The van der Waals surface area contributed by atoms with Crippen LogP contribution in [0.2, 0.25) is 0 Å². The molecule has 2 atom stereocenters. The van der Waals surface area contributed by atoms with E-state index in [0.29, 0.717) is 19.4 Å². The van der Waals surface area contributed by atoms with E-state index in [-0.39, 0.29) is 18.5 Å². The Morgan fingerprint density at radius 3 is 1.08 bits per heavy atom. The standard InChI is InChI=1S/C66H125NO5/c1-3-5-7-9-11-13-15-17-19-21-23-28-32-36-40-44-48-52-56-60-66(71)72-61-57-53-49-45-41-37-33-29-25-24-27-31-35-39-43-47-51-55-59-65(70)67-63(62-68)64(69)58-54-50-46-42-38-34-30-26-22-20-18-16-14-12-10-8-6-4-2/h11,13,17,19,54,58,63-64,68-69H,3-10,12,14-16,18,20-53,55-57,59-62H2,1-2H3,(H,67,70)/b13-11-,19-17-,58-54+. The molecule has 0 rings (SSSR count). The van der Waals surface area contributed by atoms with Gasteiger partial charge in [-0.05, 0) is 64.2 Å².